The van der Waals surface area contributed by atoms with Crippen molar-refractivity contribution in [3.63, 3.8) is 0 Å². The molecule has 2 aliphatic rings. The van der Waals surface area contributed by atoms with E-state index in [0.29, 0.717) is 11.3 Å². The summed E-state index contributed by atoms with van der Waals surface area (Å²) >= 11 is 1.45. The van der Waals surface area contributed by atoms with E-state index in [4.69, 9.17) is 0 Å². The molecule has 0 saturated carbocycles. The van der Waals surface area contributed by atoms with Gasteiger partial charge in [0.1, 0.15) is 17.5 Å². The van der Waals surface area contributed by atoms with E-state index in [1.54, 1.807) is 37.3 Å². The molecule has 0 bridgehead atoms. The number of amides is 2. The summed E-state index contributed by atoms with van der Waals surface area (Å²) in [6.07, 6.45) is -1.36. The van der Waals surface area contributed by atoms with Crippen LogP contribution in [0, 0.1) is 5.92 Å². The number of carboxylic acids is 1. The van der Waals surface area contributed by atoms with Gasteiger partial charge in [-0.25, -0.2) is 4.79 Å². The van der Waals surface area contributed by atoms with Crippen molar-refractivity contribution in [1.82, 2.24) is 10.2 Å². The van der Waals surface area contributed by atoms with Crippen LogP contribution >= 0.6 is 11.8 Å². The molecule has 2 heterocycles. The van der Waals surface area contributed by atoms with Crippen molar-refractivity contribution in [1.29, 1.82) is 0 Å². The molecule has 3 rings (SSSR count). The lowest BCUT2D eigenvalue weighted by Crippen LogP contribution is -2.75. The number of carbonyl (C=O) groups excluding carboxylic acids is 2. The molecule has 8 heteroatoms. The van der Waals surface area contributed by atoms with Crippen molar-refractivity contribution < 1.29 is 24.6 Å². The standard InChI is InChI=1S/C16H18N2O5S/c1-8-7-24-15-10(14(21)18(15)11(8)16(22)23)17-13(20)12(19)9-5-3-2-4-6-9/h2-6,8,10-12,15,19H,7H2,1H3,(H,17,20)(H,22,23). The number of benzene rings is 1. The Kier molecular flexibility index (Phi) is 4.51. The van der Waals surface area contributed by atoms with Gasteiger partial charge in [0.25, 0.3) is 5.91 Å². The van der Waals surface area contributed by atoms with Gasteiger partial charge in [-0.1, -0.05) is 37.3 Å². The number of hydrogen-bond acceptors (Lipinski definition) is 5. The van der Waals surface area contributed by atoms with Crippen LogP contribution in [0.5, 0.6) is 0 Å². The molecule has 0 spiro atoms. The number of thioether (sulfide) groups is 1. The molecule has 1 aromatic rings. The zero-order valence-electron chi connectivity index (χ0n) is 13.0. The zero-order chi connectivity index (χ0) is 17.4. The number of nitrogens with zero attached hydrogens (tertiary/aromatic N) is 1. The number of β-lactam (4-membered cyclic amide) rings is 1. The third kappa shape index (κ3) is 2.76. The fourth-order valence-corrected chi connectivity index (χ4v) is 4.54. The van der Waals surface area contributed by atoms with Crippen LogP contribution in [-0.2, 0) is 14.4 Å². The van der Waals surface area contributed by atoms with Gasteiger partial charge in [0.2, 0.25) is 5.91 Å². The number of nitrogens with one attached hydrogen (secondary N) is 1. The van der Waals surface area contributed by atoms with Gasteiger partial charge in [-0.3, -0.25) is 9.59 Å². The number of aliphatic hydroxyl groups is 1. The molecule has 2 fully saturated rings. The summed E-state index contributed by atoms with van der Waals surface area (Å²) in [5, 5.41) is 21.6. The number of aliphatic hydroxyl groups excluding tert-OH is 1. The Morgan fingerprint density at radius 1 is 1.33 bits per heavy atom. The third-order valence-electron chi connectivity index (χ3n) is 4.36. The van der Waals surface area contributed by atoms with E-state index < -0.39 is 41.3 Å². The van der Waals surface area contributed by atoms with Crippen molar-refractivity contribution in [3.8, 4) is 0 Å². The average molecular weight is 350 g/mol. The van der Waals surface area contributed by atoms with Crippen molar-refractivity contribution in [3.05, 3.63) is 35.9 Å². The minimum absolute atomic E-state index is 0.153. The molecule has 24 heavy (non-hydrogen) atoms. The highest BCUT2D eigenvalue weighted by atomic mass is 32.2. The van der Waals surface area contributed by atoms with E-state index in [2.05, 4.69) is 5.32 Å². The summed E-state index contributed by atoms with van der Waals surface area (Å²) in [6, 6.07) is 6.77. The van der Waals surface area contributed by atoms with Gasteiger partial charge in [0.05, 0.1) is 0 Å². The summed E-state index contributed by atoms with van der Waals surface area (Å²) in [5.74, 6) is -1.67. The molecule has 2 saturated heterocycles. The maximum absolute atomic E-state index is 12.3. The van der Waals surface area contributed by atoms with E-state index in [0.717, 1.165) is 0 Å². The van der Waals surface area contributed by atoms with Crippen LogP contribution in [-0.4, -0.2) is 56.1 Å². The smallest absolute Gasteiger partial charge is 0.326 e. The summed E-state index contributed by atoms with van der Waals surface area (Å²) < 4.78 is 0. The molecular formula is C16H18N2O5S. The molecule has 3 N–H and O–H groups in total. The van der Waals surface area contributed by atoms with Crippen LogP contribution in [0.3, 0.4) is 0 Å². The topological polar surface area (TPSA) is 107 Å². The Morgan fingerprint density at radius 2 is 2.00 bits per heavy atom. The van der Waals surface area contributed by atoms with E-state index in [-0.39, 0.29) is 5.92 Å². The molecule has 1 aromatic carbocycles. The maximum atomic E-state index is 12.3. The highest BCUT2D eigenvalue weighted by Crippen LogP contribution is 2.40. The maximum Gasteiger partial charge on any atom is 0.326 e. The Bertz CT molecular complexity index is 668. The quantitative estimate of drug-likeness (QED) is 0.670. The number of carbonyl (C=O) groups is 3. The van der Waals surface area contributed by atoms with Crippen molar-refractivity contribution >= 4 is 29.5 Å². The lowest BCUT2D eigenvalue weighted by molar-refractivity contribution is -0.165. The average Bonchev–Trinajstić information content (AvgIpc) is 2.59. The van der Waals surface area contributed by atoms with E-state index in [1.165, 1.54) is 16.7 Å². The number of rotatable bonds is 4. The van der Waals surface area contributed by atoms with Crippen LogP contribution < -0.4 is 5.32 Å². The highest BCUT2D eigenvalue weighted by molar-refractivity contribution is 8.00. The zero-order valence-corrected chi connectivity index (χ0v) is 13.8. The highest BCUT2D eigenvalue weighted by Gasteiger charge is 2.57. The molecule has 128 valence electrons. The minimum atomic E-state index is -1.36. The third-order valence-corrected chi connectivity index (χ3v) is 5.92. The number of hydrogen-bond donors (Lipinski definition) is 3. The largest absolute Gasteiger partial charge is 0.480 e. The van der Waals surface area contributed by atoms with Crippen LogP contribution in [0.15, 0.2) is 30.3 Å². The minimum Gasteiger partial charge on any atom is -0.480 e. The fourth-order valence-electron chi connectivity index (χ4n) is 3.09. The summed E-state index contributed by atoms with van der Waals surface area (Å²) in [7, 11) is 0. The summed E-state index contributed by atoms with van der Waals surface area (Å²) in [6.45, 7) is 1.79. The van der Waals surface area contributed by atoms with Crippen molar-refractivity contribution in [2.75, 3.05) is 5.75 Å². The second-order valence-corrected chi connectivity index (χ2v) is 7.18. The molecule has 5 atom stereocenters. The molecule has 7 nitrogen and oxygen atoms in total. The first-order chi connectivity index (χ1) is 11.4. The first kappa shape index (κ1) is 16.8. The predicted octanol–water partition coefficient (Wildman–Crippen LogP) is 0.209. The number of aliphatic carboxylic acids is 1. The van der Waals surface area contributed by atoms with Crippen molar-refractivity contribution in [2.24, 2.45) is 5.92 Å². The summed E-state index contributed by atoms with van der Waals surface area (Å²) in [5.41, 5.74) is 0.437. The molecule has 2 aliphatic heterocycles. The summed E-state index contributed by atoms with van der Waals surface area (Å²) in [4.78, 5) is 37.2. The van der Waals surface area contributed by atoms with E-state index in [9.17, 15) is 24.6 Å². The van der Waals surface area contributed by atoms with E-state index >= 15 is 0 Å². The predicted molar refractivity (Wildman–Crippen MR) is 87.0 cm³/mol. The Labute approximate surface area is 143 Å². The fraction of sp³-hybridized carbons (Fsp3) is 0.438. The SMILES string of the molecule is CC1CSC2C(NC(=O)C(O)c3ccccc3)C(=O)N2C1C(=O)O. The normalized spacial score (nSPS) is 30.1. The molecule has 5 unspecified atom stereocenters. The van der Waals surface area contributed by atoms with E-state index in [1.807, 2.05) is 0 Å². The van der Waals surface area contributed by atoms with Gasteiger partial charge in [-0.15, -0.1) is 11.8 Å². The van der Waals surface area contributed by atoms with Gasteiger partial charge in [-0.2, -0.15) is 0 Å². The monoisotopic (exact) mass is 350 g/mol. The molecule has 0 aliphatic carbocycles. The van der Waals surface area contributed by atoms with Gasteiger partial charge < -0.3 is 20.4 Å². The van der Waals surface area contributed by atoms with Gasteiger partial charge in [0, 0.05) is 5.75 Å². The van der Waals surface area contributed by atoms with Gasteiger partial charge >= 0.3 is 5.97 Å². The lowest BCUT2D eigenvalue weighted by atomic mass is 9.94. The Morgan fingerprint density at radius 3 is 2.62 bits per heavy atom. The van der Waals surface area contributed by atoms with Crippen LogP contribution in [0.1, 0.15) is 18.6 Å². The lowest BCUT2D eigenvalue weighted by Gasteiger charge is -2.53. The molecule has 0 aromatic heterocycles. The second-order valence-electron chi connectivity index (χ2n) is 6.03. The molecular weight excluding hydrogens is 332 g/mol. The van der Waals surface area contributed by atoms with Crippen LogP contribution in [0.4, 0.5) is 0 Å². The number of carboxylic acid groups (broad SMARTS) is 1. The van der Waals surface area contributed by atoms with Gasteiger partial charge in [0.15, 0.2) is 6.10 Å². The van der Waals surface area contributed by atoms with Crippen LogP contribution in [0.2, 0.25) is 0 Å². The Balaban J connectivity index is 1.68. The van der Waals surface area contributed by atoms with Gasteiger partial charge in [-0.05, 0) is 11.5 Å². The molecule has 2 amide bonds. The first-order valence-corrected chi connectivity index (χ1v) is 8.66. The second kappa shape index (κ2) is 6.45. The first-order valence-electron chi connectivity index (χ1n) is 7.61. The molecule has 0 radical (unpaired) electrons. The van der Waals surface area contributed by atoms with Crippen LogP contribution in [0.25, 0.3) is 0 Å². The Hall–Kier alpha value is -2.06. The van der Waals surface area contributed by atoms with Crippen molar-refractivity contribution in [2.45, 2.75) is 30.5 Å². The number of fused-ring (bicyclic) bond motifs is 1.